The highest BCUT2D eigenvalue weighted by atomic mass is 16.5. The molecule has 146 valence electrons. The Morgan fingerprint density at radius 2 is 1.63 bits per heavy atom. The average Bonchev–Trinajstić information content (AvgIpc) is 3.10. The number of rotatable bonds is 9. The van der Waals surface area contributed by atoms with Gasteiger partial charge >= 0.3 is 0 Å². The van der Waals surface area contributed by atoms with Crippen LogP contribution in [0.2, 0.25) is 0 Å². The molecule has 0 spiro atoms. The maximum absolute atomic E-state index is 5.78. The highest BCUT2D eigenvalue weighted by Crippen LogP contribution is 2.24. The van der Waals surface area contributed by atoms with Crippen LogP contribution in [0.15, 0.2) is 48.5 Å². The van der Waals surface area contributed by atoms with Crippen molar-refractivity contribution in [3.8, 4) is 11.5 Å². The lowest BCUT2D eigenvalue weighted by Gasteiger charge is -2.17. The van der Waals surface area contributed by atoms with Crippen LogP contribution < -0.4 is 9.47 Å². The Bertz CT molecular complexity index is 683. The van der Waals surface area contributed by atoms with Gasteiger partial charge < -0.3 is 14.4 Å². The van der Waals surface area contributed by atoms with Crippen molar-refractivity contribution in [1.29, 1.82) is 0 Å². The highest BCUT2D eigenvalue weighted by molar-refractivity contribution is 5.28. The third-order valence-electron chi connectivity index (χ3n) is 5.19. The Kier molecular flexibility index (Phi) is 7.13. The molecule has 0 N–H and O–H groups in total. The Morgan fingerprint density at radius 3 is 2.30 bits per heavy atom. The number of ether oxygens (including phenoxy) is 2. The standard InChI is InChI=1S/C23H32N2O2/c1-24(2)14-15-27-23-10-6-20(7-11-23)17-25-13-12-21(18-25)16-19-4-8-22(26-3)9-5-19/h4-11,21H,12-18H2,1-3H3. The van der Waals surface area contributed by atoms with Crippen LogP contribution in [0.4, 0.5) is 0 Å². The average molecular weight is 369 g/mol. The van der Waals surface area contributed by atoms with Gasteiger partial charge in [0.1, 0.15) is 18.1 Å². The first-order chi connectivity index (χ1) is 13.1. The van der Waals surface area contributed by atoms with E-state index in [-0.39, 0.29) is 0 Å². The lowest BCUT2D eigenvalue weighted by atomic mass is 9.99. The molecule has 0 aliphatic carbocycles. The van der Waals surface area contributed by atoms with E-state index in [4.69, 9.17) is 9.47 Å². The summed E-state index contributed by atoms with van der Waals surface area (Å²) in [5.41, 5.74) is 2.77. The number of hydrogen-bond donors (Lipinski definition) is 0. The molecule has 1 unspecified atom stereocenters. The third-order valence-corrected chi connectivity index (χ3v) is 5.19. The lowest BCUT2D eigenvalue weighted by Crippen LogP contribution is -2.20. The second kappa shape index (κ2) is 9.77. The molecule has 1 atom stereocenters. The van der Waals surface area contributed by atoms with Crippen molar-refractivity contribution in [2.24, 2.45) is 5.92 Å². The maximum atomic E-state index is 5.78. The summed E-state index contributed by atoms with van der Waals surface area (Å²) in [7, 11) is 5.83. The molecule has 4 heteroatoms. The van der Waals surface area contributed by atoms with Gasteiger partial charge in [0.2, 0.25) is 0 Å². The van der Waals surface area contributed by atoms with Gasteiger partial charge in [-0.15, -0.1) is 0 Å². The highest BCUT2D eigenvalue weighted by Gasteiger charge is 2.22. The fourth-order valence-electron chi connectivity index (χ4n) is 3.61. The minimum Gasteiger partial charge on any atom is -0.497 e. The van der Waals surface area contributed by atoms with E-state index in [1.807, 2.05) is 0 Å². The molecule has 0 saturated carbocycles. The van der Waals surface area contributed by atoms with Gasteiger partial charge in [0.05, 0.1) is 7.11 Å². The van der Waals surface area contributed by atoms with Crippen LogP contribution in [0.3, 0.4) is 0 Å². The SMILES string of the molecule is COc1ccc(CC2CCN(Cc3ccc(OCCN(C)C)cc3)C2)cc1. The van der Waals surface area contributed by atoms with Crippen LogP contribution in [0.1, 0.15) is 17.5 Å². The van der Waals surface area contributed by atoms with Crippen molar-refractivity contribution in [2.75, 3.05) is 47.4 Å². The van der Waals surface area contributed by atoms with E-state index in [9.17, 15) is 0 Å². The number of benzene rings is 2. The Labute approximate surface area is 163 Å². The van der Waals surface area contributed by atoms with Crippen molar-refractivity contribution in [1.82, 2.24) is 9.80 Å². The van der Waals surface area contributed by atoms with E-state index in [1.54, 1.807) is 7.11 Å². The van der Waals surface area contributed by atoms with Crippen molar-refractivity contribution in [3.05, 3.63) is 59.7 Å². The van der Waals surface area contributed by atoms with Gasteiger partial charge in [0.25, 0.3) is 0 Å². The summed E-state index contributed by atoms with van der Waals surface area (Å²) >= 11 is 0. The predicted octanol–water partition coefficient (Wildman–Crippen LogP) is 3.70. The summed E-state index contributed by atoms with van der Waals surface area (Å²) in [4.78, 5) is 4.69. The quantitative estimate of drug-likeness (QED) is 0.674. The predicted molar refractivity (Wildman–Crippen MR) is 111 cm³/mol. The van der Waals surface area contributed by atoms with Crippen LogP contribution in [0.5, 0.6) is 11.5 Å². The van der Waals surface area contributed by atoms with Crippen molar-refractivity contribution in [3.63, 3.8) is 0 Å². The zero-order chi connectivity index (χ0) is 19.1. The fraction of sp³-hybridized carbons (Fsp3) is 0.478. The minimum atomic E-state index is 0.728. The zero-order valence-corrected chi connectivity index (χ0v) is 16.9. The molecule has 0 bridgehead atoms. The Balaban J connectivity index is 1.43. The summed E-state index contributed by atoms with van der Waals surface area (Å²) in [5, 5.41) is 0. The van der Waals surface area contributed by atoms with Crippen LogP contribution in [-0.2, 0) is 13.0 Å². The molecule has 4 nitrogen and oxygen atoms in total. The van der Waals surface area contributed by atoms with E-state index in [1.165, 1.54) is 30.6 Å². The Hall–Kier alpha value is -2.04. The van der Waals surface area contributed by atoms with Crippen LogP contribution >= 0.6 is 0 Å². The number of hydrogen-bond acceptors (Lipinski definition) is 4. The molecule has 1 aliphatic rings. The van der Waals surface area contributed by atoms with E-state index in [2.05, 4.69) is 72.4 Å². The summed E-state index contributed by atoms with van der Waals surface area (Å²) in [6, 6.07) is 17.1. The monoisotopic (exact) mass is 368 g/mol. The molecule has 3 rings (SSSR count). The molecule has 2 aromatic rings. The molecular weight excluding hydrogens is 336 g/mol. The summed E-state index contributed by atoms with van der Waals surface area (Å²) < 4.78 is 11.0. The number of likely N-dealkylation sites (N-methyl/N-ethyl adjacent to an activating group) is 1. The van der Waals surface area contributed by atoms with Crippen LogP contribution in [0, 0.1) is 5.92 Å². The van der Waals surface area contributed by atoms with E-state index < -0.39 is 0 Å². The number of likely N-dealkylation sites (tertiary alicyclic amines) is 1. The van der Waals surface area contributed by atoms with Crippen molar-refractivity contribution in [2.45, 2.75) is 19.4 Å². The molecular formula is C23H32N2O2. The van der Waals surface area contributed by atoms with Crippen LogP contribution in [-0.4, -0.2) is 57.2 Å². The van der Waals surface area contributed by atoms with Crippen molar-refractivity contribution < 1.29 is 9.47 Å². The molecule has 0 radical (unpaired) electrons. The first kappa shape index (κ1) is 19.7. The summed E-state index contributed by atoms with van der Waals surface area (Å²) in [6.45, 7) is 5.04. The molecule has 1 saturated heterocycles. The second-order valence-electron chi connectivity index (χ2n) is 7.74. The van der Waals surface area contributed by atoms with Gasteiger partial charge in [-0.1, -0.05) is 24.3 Å². The normalized spacial score (nSPS) is 17.4. The molecule has 0 aromatic heterocycles. The Morgan fingerprint density at radius 1 is 0.963 bits per heavy atom. The molecule has 1 heterocycles. The zero-order valence-electron chi connectivity index (χ0n) is 16.9. The third kappa shape index (κ3) is 6.26. The molecule has 27 heavy (non-hydrogen) atoms. The van der Waals surface area contributed by atoms with Gasteiger partial charge in [-0.2, -0.15) is 0 Å². The molecule has 1 aliphatic heterocycles. The first-order valence-electron chi connectivity index (χ1n) is 9.84. The molecule has 1 fully saturated rings. The summed E-state index contributed by atoms with van der Waals surface area (Å²) in [6.07, 6.45) is 2.43. The largest absolute Gasteiger partial charge is 0.497 e. The first-order valence-corrected chi connectivity index (χ1v) is 9.84. The van der Waals surface area contributed by atoms with Gasteiger partial charge in [0, 0.05) is 19.6 Å². The summed E-state index contributed by atoms with van der Waals surface area (Å²) in [5.74, 6) is 2.63. The number of nitrogens with zero attached hydrogens (tertiary/aromatic N) is 2. The number of methoxy groups -OCH3 is 1. The fourth-order valence-corrected chi connectivity index (χ4v) is 3.61. The van der Waals surface area contributed by atoms with Gasteiger partial charge in [-0.3, -0.25) is 4.90 Å². The van der Waals surface area contributed by atoms with E-state index in [0.29, 0.717) is 0 Å². The maximum Gasteiger partial charge on any atom is 0.119 e. The molecule has 2 aromatic carbocycles. The van der Waals surface area contributed by atoms with Crippen molar-refractivity contribution >= 4 is 0 Å². The minimum absolute atomic E-state index is 0.728. The van der Waals surface area contributed by atoms with Gasteiger partial charge in [0.15, 0.2) is 0 Å². The van der Waals surface area contributed by atoms with Gasteiger partial charge in [-0.25, -0.2) is 0 Å². The lowest BCUT2D eigenvalue weighted by molar-refractivity contribution is 0.261. The smallest absolute Gasteiger partial charge is 0.119 e. The van der Waals surface area contributed by atoms with E-state index >= 15 is 0 Å². The van der Waals surface area contributed by atoms with Crippen LogP contribution in [0.25, 0.3) is 0 Å². The van der Waals surface area contributed by atoms with Gasteiger partial charge in [-0.05, 0) is 74.8 Å². The van der Waals surface area contributed by atoms with E-state index in [0.717, 1.165) is 43.5 Å². The second-order valence-corrected chi connectivity index (χ2v) is 7.74. The topological polar surface area (TPSA) is 24.9 Å². The molecule has 0 amide bonds.